The zero-order chi connectivity index (χ0) is 25.2. The topological polar surface area (TPSA) is 65.8 Å². The zero-order valence-electron chi connectivity index (χ0n) is 20.7. The molecule has 1 aromatic heterocycles. The smallest absolute Gasteiger partial charge is 0.335 e. The minimum Gasteiger partial charge on any atom is -0.478 e. The number of carbonyl (C=O) groups excluding carboxylic acids is 1. The average molecular weight is 482 g/mol. The van der Waals surface area contributed by atoms with Gasteiger partial charge in [0, 0.05) is 54.5 Å². The second-order valence-electron chi connectivity index (χ2n) is 9.69. The molecule has 4 aromatic rings. The summed E-state index contributed by atoms with van der Waals surface area (Å²) >= 11 is 0. The van der Waals surface area contributed by atoms with E-state index in [1.54, 1.807) is 12.1 Å². The molecule has 1 amide bonds. The molecule has 0 bridgehead atoms. The molecule has 0 saturated carbocycles. The second-order valence-corrected chi connectivity index (χ2v) is 9.69. The summed E-state index contributed by atoms with van der Waals surface area (Å²) in [6.45, 7) is 7.47. The number of aromatic carboxylic acids is 1. The maximum absolute atomic E-state index is 13.3. The van der Waals surface area contributed by atoms with E-state index < -0.39 is 5.97 Å². The van der Waals surface area contributed by atoms with Crippen LogP contribution >= 0.6 is 0 Å². The van der Waals surface area contributed by atoms with E-state index in [0.717, 1.165) is 35.1 Å². The van der Waals surface area contributed by atoms with E-state index in [1.165, 1.54) is 11.3 Å². The molecule has 0 atom stereocenters. The zero-order valence-corrected chi connectivity index (χ0v) is 20.7. The summed E-state index contributed by atoms with van der Waals surface area (Å²) in [5.41, 5.74) is 5.51. The van der Waals surface area contributed by atoms with Gasteiger partial charge in [0.25, 0.3) is 0 Å². The highest BCUT2D eigenvalue weighted by molar-refractivity contribution is 6.00. The van der Waals surface area contributed by atoms with Gasteiger partial charge in [-0.25, -0.2) is 4.79 Å². The lowest BCUT2D eigenvalue weighted by molar-refractivity contribution is -0.132. The highest BCUT2D eigenvalue weighted by Crippen LogP contribution is 2.31. The first-order valence-electron chi connectivity index (χ1n) is 12.4. The summed E-state index contributed by atoms with van der Waals surface area (Å²) < 4.78 is 1.89. The summed E-state index contributed by atoms with van der Waals surface area (Å²) in [7, 11) is 0. The molecule has 1 saturated heterocycles. The van der Waals surface area contributed by atoms with Gasteiger partial charge in [0.2, 0.25) is 5.91 Å². The Kier molecular flexibility index (Phi) is 6.51. The van der Waals surface area contributed by atoms with Crippen LogP contribution in [0.2, 0.25) is 0 Å². The van der Waals surface area contributed by atoms with Gasteiger partial charge in [0.05, 0.1) is 5.56 Å². The molecule has 5 rings (SSSR count). The second kappa shape index (κ2) is 9.90. The quantitative estimate of drug-likeness (QED) is 0.396. The molecule has 0 unspecified atom stereocenters. The number of hydrogen-bond acceptors (Lipinski definition) is 3. The normalized spacial score (nSPS) is 14.0. The minimum absolute atomic E-state index is 0.0436. The molecule has 1 aliphatic heterocycles. The maximum Gasteiger partial charge on any atom is 0.335 e. The monoisotopic (exact) mass is 481 g/mol. The number of piperazine rings is 1. The van der Waals surface area contributed by atoms with E-state index in [0.29, 0.717) is 19.0 Å². The van der Waals surface area contributed by atoms with Crippen LogP contribution in [0.15, 0.2) is 79.0 Å². The van der Waals surface area contributed by atoms with Gasteiger partial charge in [0.15, 0.2) is 0 Å². The van der Waals surface area contributed by atoms with Gasteiger partial charge in [0.1, 0.15) is 6.54 Å². The lowest BCUT2D eigenvalue weighted by atomic mass is 10.0. The summed E-state index contributed by atoms with van der Waals surface area (Å²) in [6.07, 6.45) is 1.97. The molecule has 0 aliphatic carbocycles. The fraction of sp³-hybridized carbons (Fsp3) is 0.267. The Balaban J connectivity index is 1.34. The average Bonchev–Trinajstić information content (AvgIpc) is 3.26. The van der Waals surface area contributed by atoms with Gasteiger partial charge in [-0.2, -0.15) is 0 Å². The number of anilines is 1. The number of carboxylic acids is 1. The summed E-state index contributed by atoms with van der Waals surface area (Å²) in [5.74, 6) is -0.427. The van der Waals surface area contributed by atoms with Crippen molar-refractivity contribution >= 4 is 28.5 Å². The fourth-order valence-electron chi connectivity index (χ4n) is 4.93. The lowest BCUT2D eigenvalue weighted by Crippen LogP contribution is -2.49. The number of carbonyl (C=O) groups is 2. The van der Waals surface area contributed by atoms with Crippen molar-refractivity contribution in [1.82, 2.24) is 9.47 Å². The molecule has 36 heavy (non-hydrogen) atoms. The minimum atomic E-state index is -0.977. The van der Waals surface area contributed by atoms with Crippen molar-refractivity contribution in [2.75, 3.05) is 31.1 Å². The van der Waals surface area contributed by atoms with Crippen LogP contribution in [-0.4, -0.2) is 52.6 Å². The standard InChI is InChI=1S/C30H31N3O3/c1-21(2)22-8-11-25(12-9-22)31-14-16-32(17-15-31)29(34)20-33-19-27(23-6-4-3-5-7-23)26-13-10-24(30(35)36)18-28(26)33/h3-13,18-19,21H,14-17,20H2,1-2H3,(H,35,36). The third kappa shape index (κ3) is 4.71. The fourth-order valence-corrected chi connectivity index (χ4v) is 4.93. The van der Waals surface area contributed by atoms with Crippen molar-refractivity contribution in [3.05, 3.63) is 90.1 Å². The number of hydrogen-bond donors (Lipinski definition) is 1. The molecular formula is C30H31N3O3. The molecule has 0 radical (unpaired) electrons. The van der Waals surface area contributed by atoms with Gasteiger partial charge in [-0.3, -0.25) is 4.79 Å². The summed E-state index contributed by atoms with van der Waals surface area (Å²) in [4.78, 5) is 29.2. The molecule has 1 aliphatic rings. The maximum atomic E-state index is 13.3. The largest absolute Gasteiger partial charge is 0.478 e. The number of amides is 1. The molecular weight excluding hydrogens is 450 g/mol. The van der Waals surface area contributed by atoms with Crippen LogP contribution in [0.25, 0.3) is 22.0 Å². The van der Waals surface area contributed by atoms with E-state index in [1.807, 2.05) is 52.1 Å². The first-order chi connectivity index (χ1) is 17.4. The Hall–Kier alpha value is -4.06. The van der Waals surface area contributed by atoms with E-state index in [2.05, 4.69) is 43.0 Å². The van der Waals surface area contributed by atoms with Crippen LogP contribution < -0.4 is 4.90 Å². The van der Waals surface area contributed by atoms with Crippen molar-refractivity contribution in [2.45, 2.75) is 26.3 Å². The van der Waals surface area contributed by atoms with Gasteiger partial charge < -0.3 is 19.5 Å². The van der Waals surface area contributed by atoms with Crippen molar-refractivity contribution < 1.29 is 14.7 Å². The van der Waals surface area contributed by atoms with Gasteiger partial charge in [-0.15, -0.1) is 0 Å². The van der Waals surface area contributed by atoms with Gasteiger partial charge >= 0.3 is 5.97 Å². The molecule has 0 spiro atoms. The van der Waals surface area contributed by atoms with Crippen LogP contribution in [0.3, 0.4) is 0 Å². The molecule has 184 valence electrons. The van der Waals surface area contributed by atoms with Gasteiger partial charge in [-0.05, 0) is 41.3 Å². The molecule has 6 heteroatoms. The Labute approximate surface area is 211 Å². The first-order valence-corrected chi connectivity index (χ1v) is 12.4. The Morgan fingerprint density at radius 2 is 1.58 bits per heavy atom. The number of rotatable bonds is 6. The highest BCUT2D eigenvalue weighted by atomic mass is 16.4. The Morgan fingerprint density at radius 3 is 2.22 bits per heavy atom. The Morgan fingerprint density at radius 1 is 0.889 bits per heavy atom. The summed E-state index contributed by atoms with van der Waals surface area (Å²) in [6, 6.07) is 23.8. The molecule has 1 N–H and O–H groups in total. The number of benzene rings is 3. The third-order valence-corrected chi connectivity index (χ3v) is 7.08. The van der Waals surface area contributed by atoms with Crippen molar-refractivity contribution in [2.24, 2.45) is 0 Å². The SMILES string of the molecule is CC(C)c1ccc(N2CCN(C(=O)Cn3cc(-c4ccccc4)c4ccc(C(=O)O)cc43)CC2)cc1. The van der Waals surface area contributed by atoms with E-state index in [4.69, 9.17) is 0 Å². The number of fused-ring (bicyclic) bond motifs is 1. The first kappa shape index (κ1) is 23.7. The van der Waals surface area contributed by atoms with E-state index >= 15 is 0 Å². The molecule has 3 aromatic carbocycles. The summed E-state index contributed by atoms with van der Waals surface area (Å²) in [5, 5.41) is 10.5. The molecule has 1 fully saturated rings. The van der Waals surface area contributed by atoms with Crippen LogP contribution in [0, 0.1) is 0 Å². The molecule has 2 heterocycles. The van der Waals surface area contributed by atoms with Crippen LogP contribution in [0.5, 0.6) is 0 Å². The van der Waals surface area contributed by atoms with Crippen molar-refractivity contribution in [3.63, 3.8) is 0 Å². The predicted octanol–water partition coefficient (Wildman–Crippen LogP) is 5.48. The number of carboxylic acid groups (broad SMARTS) is 1. The van der Waals surface area contributed by atoms with Gasteiger partial charge in [-0.1, -0.05) is 62.4 Å². The number of aromatic nitrogens is 1. The van der Waals surface area contributed by atoms with E-state index in [-0.39, 0.29) is 18.0 Å². The van der Waals surface area contributed by atoms with Crippen molar-refractivity contribution in [3.8, 4) is 11.1 Å². The number of nitrogens with zero attached hydrogens (tertiary/aromatic N) is 3. The lowest BCUT2D eigenvalue weighted by Gasteiger charge is -2.36. The van der Waals surface area contributed by atoms with Crippen LogP contribution in [0.1, 0.15) is 35.7 Å². The highest BCUT2D eigenvalue weighted by Gasteiger charge is 2.23. The third-order valence-electron chi connectivity index (χ3n) is 7.08. The van der Waals surface area contributed by atoms with Crippen molar-refractivity contribution in [1.29, 1.82) is 0 Å². The predicted molar refractivity (Wildman–Crippen MR) is 144 cm³/mol. The van der Waals surface area contributed by atoms with Crippen LogP contribution in [-0.2, 0) is 11.3 Å². The molecule has 6 nitrogen and oxygen atoms in total. The van der Waals surface area contributed by atoms with Crippen LogP contribution in [0.4, 0.5) is 5.69 Å². The van der Waals surface area contributed by atoms with E-state index in [9.17, 15) is 14.7 Å². The Bertz CT molecular complexity index is 1380.